The summed E-state index contributed by atoms with van der Waals surface area (Å²) in [5.41, 5.74) is 2.20. The number of nitrogens with zero attached hydrogens (tertiary/aromatic N) is 3. The van der Waals surface area contributed by atoms with Crippen LogP contribution in [0, 0.1) is 16.7 Å². The van der Waals surface area contributed by atoms with Gasteiger partial charge in [0.25, 0.3) is 0 Å². The Labute approximate surface area is 275 Å². The molecular formula is C37H40ClN3O5. The summed E-state index contributed by atoms with van der Waals surface area (Å²) in [6, 6.07) is 17.2. The first-order valence-corrected chi connectivity index (χ1v) is 15.9. The van der Waals surface area contributed by atoms with E-state index in [1.54, 1.807) is 18.3 Å². The average Bonchev–Trinajstić information content (AvgIpc) is 3.48. The molecule has 2 aliphatic rings. The number of halogens is 1. The number of hydrogen-bond donors (Lipinski definition) is 1. The molecule has 8 nitrogen and oxygen atoms in total. The van der Waals surface area contributed by atoms with Gasteiger partial charge in [0.15, 0.2) is 6.29 Å². The van der Waals surface area contributed by atoms with E-state index < -0.39 is 11.0 Å². The van der Waals surface area contributed by atoms with E-state index in [0.717, 1.165) is 37.1 Å². The van der Waals surface area contributed by atoms with Gasteiger partial charge in [-0.1, -0.05) is 67.9 Å². The molecule has 1 aromatic heterocycles. The number of carbonyl (C=O) groups excluding carboxylic acids is 1. The maximum atomic E-state index is 11.9. The molecule has 2 unspecified atom stereocenters. The molecule has 46 heavy (non-hydrogen) atoms. The van der Waals surface area contributed by atoms with Crippen LogP contribution in [0.1, 0.15) is 60.7 Å². The fourth-order valence-electron chi connectivity index (χ4n) is 6.12. The van der Waals surface area contributed by atoms with Crippen LogP contribution >= 0.6 is 11.6 Å². The fraction of sp³-hybridized carbons (Fsp3) is 0.378. The highest BCUT2D eigenvalue weighted by molar-refractivity contribution is 6.32. The summed E-state index contributed by atoms with van der Waals surface area (Å²) in [6.07, 6.45) is 11.2. The van der Waals surface area contributed by atoms with Gasteiger partial charge in [0.05, 0.1) is 28.4 Å². The maximum absolute atomic E-state index is 11.9. The lowest BCUT2D eigenvalue weighted by atomic mass is 9.65. The molecular weight excluding hydrogens is 602 g/mol. The fourth-order valence-corrected chi connectivity index (χ4v) is 6.34. The van der Waals surface area contributed by atoms with E-state index in [-0.39, 0.29) is 36.0 Å². The molecule has 240 valence electrons. The van der Waals surface area contributed by atoms with E-state index in [2.05, 4.69) is 61.0 Å². The van der Waals surface area contributed by atoms with Gasteiger partial charge in [-0.25, -0.2) is 0 Å². The van der Waals surface area contributed by atoms with Crippen LogP contribution in [0.25, 0.3) is 5.57 Å². The molecule has 3 atom stereocenters. The minimum absolute atomic E-state index is 0.101. The summed E-state index contributed by atoms with van der Waals surface area (Å²) in [5.74, 6) is 0.657. The summed E-state index contributed by atoms with van der Waals surface area (Å²) in [5, 5.41) is 19.5. The average molecular weight is 642 g/mol. The molecule has 1 aliphatic carbocycles. The van der Waals surface area contributed by atoms with Crippen molar-refractivity contribution in [3.8, 4) is 17.6 Å². The van der Waals surface area contributed by atoms with Crippen LogP contribution in [0.15, 0.2) is 79.2 Å². The SMILES string of the molecule is CC(CCN1CC[C@@H](O)C1)OC1(COc2cc(OCc3cncc(C#N)c3)c(C=O)cc2Cl)C=CC=C(c2ccccc2)C1(C)C. The molecule has 0 radical (unpaired) electrons. The van der Waals surface area contributed by atoms with Gasteiger partial charge < -0.3 is 24.2 Å². The van der Waals surface area contributed by atoms with Crippen LogP contribution in [-0.4, -0.2) is 65.3 Å². The van der Waals surface area contributed by atoms with Crippen molar-refractivity contribution in [2.24, 2.45) is 5.41 Å². The molecule has 1 saturated heterocycles. The summed E-state index contributed by atoms with van der Waals surface area (Å²) >= 11 is 6.65. The van der Waals surface area contributed by atoms with Gasteiger partial charge in [0.2, 0.25) is 0 Å². The van der Waals surface area contributed by atoms with E-state index in [1.807, 2.05) is 24.3 Å². The van der Waals surface area contributed by atoms with Gasteiger partial charge in [0, 0.05) is 49.1 Å². The Hall–Kier alpha value is -4.00. The van der Waals surface area contributed by atoms with Crippen LogP contribution in [0.3, 0.4) is 0 Å². The van der Waals surface area contributed by atoms with E-state index in [1.165, 1.54) is 12.3 Å². The molecule has 0 amide bonds. The number of ether oxygens (including phenoxy) is 3. The molecule has 1 aliphatic heterocycles. The number of aromatic nitrogens is 1. The number of allylic oxidation sites excluding steroid dienone is 2. The lowest BCUT2D eigenvalue weighted by Gasteiger charge is -2.48. The Morgan fingerprint density at radius 1 is 1.17 bits per heavy atom. The molecule has 3 aromatic rings. The van der Waals surface area contributed by atoms with Gasteiger partial charge in [-0.3, -0.25) is 9.78 Å². The Bertz CT molecular complexity index is 1630. The number of nitriles is 1. The molecule has 5 rings (SSSR count). The number of likely N-dealkylation sites (tertiary alicyclic amines) is 1. The zero-order valence-electron chi connectivity index (χ0n) is 26.5. The van der Waals surface area contributed by atoms with Gasteiger partial charge in [0.1, 0.15) is 36.4 Å². The standard InChI is InChI=1S/C37H40ClN3O5/c1-26(11-14-41-15-12-31(43)22-41)46-37(13-7-10-32(36(37,2)3)29-8-5-4-6-9-29)25-45-35-18-34(30(23-42)17-33(35)38)44-24-28-16-27(19-39)20-40-21-28/h4-10,13,16-18,20-21,23,26,31,43H,11-12,14-15,22,24-25H2,1-3H3/t26?,31-,37?/m1/s1. The van der Waals surface area contributed by atoms with Crippen molar-refractivity contribution in [2.45, 2.75) is 58.0 Å². The summed E-state index contributed by atoms with van der Waals surface area (Å²) in [7, 11) is 0. The number of aliphatic hydroxyl groups is 1. The lowest BCUT2D eigenvalue weighted by molar-refractivity contribution is -0.126. The van der Waals surface area contributed by atoms with Gasteiger partial charge in [-0.05, 0) is 49.1 Å². The third-order valence-electron chi connectivity index (χ3n) is 8.91. The molecule has 0 saturated carbocycles. The zero-order valence-corrected chi connectivity index (χ0v) is 27.2. The smallest absolute Gasteiger partial charge is 0.153 e. The highest BCUT2D eigenvalue weighted by atomic mass is 35.5. The second kappa shape index (κ2) is 14.6. The Morgan fingerprint density at radius 2 is 1.98 bits per heavy atom. The first-order valence-electron chi connectivity index (χ1n) is 15.6. The quantitative estimate of drug-likeness (QED) is 0.207. The third kappa shape index (κ3) is 7.51. The largest absolute Gasteiger partial charge is 0.488 e. The second-order valence-electron chi connectivity index (χ2n) is 12.5. The van der Waals surface area contributed by atoms with Crippen LogP contribution in [0.4, 0.5) is 0 Å². The first kappa shape index (κ1) is 33.4. The first-order chi connectivity index (χ1) is 22.1. The predicted octanol–water partition coefficient (Wildman–Crippen LogP) is 6.66. The van der Waals surface area contributed by atoms with Crippen LogP contribution in [0.2, 0.25) is 5.02 Å². The lowest BCUT2D eigenvalue weighted by Crippen LogP contribution is -2.53. The highest BCUT2D eigenvalue weighted by Crippen LogP contribution is 2.50. The van der Waals surface area contributed by atoms with Crippen LogP contribution < -0.4 is 9.47 Å². The molecule has 2 aromatic carbocycles. The van der Waals surface area contributed by atoms with Gasteiger partial charge >= 0.3 is 0 Å². The van der Waals surface area contributed by atoms with Crippen LogP contribution in [0.5, 0.6) is 11.5 Å². The Morgan fingerprint density at radius 3 is 2.70 bits per heavy atom. The van der Waals surface area contributed by atoms with Crippen molar-refractivity contribution in [1.82, 2.24) is 9.88 Å². The molecule has 0 spiro atoms. The number of rotatable bonds is 13. The monoisotopic (exact) mass is 641 g/mol. The number of hydrogen-bond acceptors (Lipinski definition) is 8. The van der Waals surface area contributed by atoms with Crippen molar-refractivity contribution in [3.63, 3.8) is 0 Å². The molecule has 0 bridgehead atoms. The maximum Gasteiger partial charge on any atom is 0.153 e. The summed E-state index contributed by atoms with van der Waals surface area (Å²) in [4.78, 5) is 18.3. The highest BCUT2D eigenvalue weighted by Gasteiger charge is 2.50. The minimum Gasteiger partial charge on any atom is -0.488 e. The third-order valence-corrected chi connectivity index (χ3v) is 9.20. The molecule has 1 N–H and O–H groups in total. The summed E-state index contributed by atoms with van der Waals surface area (Å²) < 4.78 is 19.5. The second-order valence-corrected chi connectivity index (χ2v) is 12.9. The number of aldehydes is 1. The topological polar surface area (TPSA) is 105 Å². The Balaban J connectivity index is 1.40. The van der Waals surface area contributed by atoms with Crippen molar-refractivity contribution in [3.05, 3.63) is 106 Å². The predicted molar refractivity (Wildman–Crippen MR) is 178 cm³/mol. The number of β-amino-alcohol motifs (C(OH)–C–C–N with tert-alkyl or cyclic N) is 1. The number of pyridine rings is 1. The van der Waals surface area contributed by atoms with E-state index in [4.69, 9.17) is 25.8 Å². The minimum atomic E-state index is -0.881. The van der Waals surface area contributed by atoms with Crippen molar-refractivity contribution in [1.29, 1.82) is 5.26 Å². The number of benzene rings is 2. The Kier molecular flexibility index (Phi) is 10.6. The van der Waals surface area contributed by atoms with E-state index >= 15 is 0 Å². The van der Waals surface area contributed by atoms with Crippen molar-refractivity contribution >= 4 is 23.5 Å². The van der Waals surface area contributed by atoms with Gasteiger partial charge in [-0.2, -0.15) is 5.26 Å². The van der Waals surface area contributed by atoms with E-state index in [0.29, 0.717) is 35.5 Å². The van der Waals surface area contributed by atoms with Crippen molar-refractivity contribution < 1.29 is 24.1 Å². The van der Waals surface area contributed by atoms with E-state index in [9.17, 15) is 15.2 Å². The summed E-state index contributed by atoms with van der Waals surface area (Å²) in [6.45, 7) is 9.04. The number of aliphatic hydroxyl groups excluding tert-OH is 1. The normalized spacial score (nSPS) is 21.3. The van der Waals surface area contributed by atoms with Gasteiger partial charge in [-0.15, -0.1) is 0 Å². The van der Waals surface area contributed by atoms with Crippen molar-refractivity contribution in [2.75, 3.05) is 26.2 Å². The van der Waals surface area contributed by atoms with Crippen LogP contribution in [-0.2, 0) is 11.3 Å². The molecule has 9 heteroatoms. The molecule has 1 fully saturated rings. The number of carbonyl (C=O) groups is 1. The molecule has 2 heterocycles. The zero-order chi connectivity index (χ0) is 32.7.